The SMILES string of the molecule is CC/C=C\C/C=C\C/C=C\C/C=C\C/C=C\CCCCCCCCCCCCCCCCCCCCCCCCCC(=O)NC(CO)C(O)/C=C/CC/C=C/CCCCCC. The zero-order valence-electron chi connectivity index (χ0n) is 40.4. The molecule has 0 saturated carbocycles. The summed E-state index contributed by atoms with van der Waals surface area (Å²) in [4.78, 5) is 12.4. The molecule has 0 spiro atoms. The average molecular weight is 848 g/mol. The molecule has 0 aromatic heterocycles. The Balaban J connectivity index is 3.42. The number of amides is 1. The Hall–Kier alpha value is -2.43. The fraction of sp³-hybridized carbons (Fsp3) is 0.737. The zero-order chi connectivity index (χ0) is 44.2. The minimum absolute atomic E-state index is 0.0750. The Morgan fingerprint density at radius 1 is 0.410 bits per heavy atom. The molecule has 0 bridgehead atoms. The van der Waals surface area contributed by atoms with E-state index >= 15 is 0 Å². The van der Waals surface area contributed by atoms with Crippen molar-refractivity contribution in [1.29, 1.82) is 0 Å². The molecule has 2 atom stereocenters. The van der Waals surface area contributed by atoms with Gasteiger partial charge in [0.1, 0.15) is 0 Å². The van der Waals surface area contributed by atoms with Gasteiger partial charge in [0.2, 0.25) is 5.91 Å². The molecular weight excluding hydrogens is 747 g/mol. The number of rotatable bonds is 47. The van der Waals surface area contributed by atoms with E-state index in [1.165, 1.54) is 167 Å². The molecule has 4 nitrogen and oxygen atoms in total. The van der Waals surface area contributed by atoms with Gasteiger partial charge in [-0.15, -0.1) is 0 Å². The summed E-state index contributed by atoms with van der Waals surface area (Å²) in [7, 11) is 0. The lowest BCUT2D eigenvalue weighted by atomic mass is 10.0. The molecule has 0 aliphatic heterocycles. The van der Waals surface area contributed by atoms with Crippen LogP contribution in [0.2, 0.25) is 0 Å². The molecule has 0 aromatic carbocycles. The number of aliphatic hydroxyl groups is 2. The number of hydrogen-bond donors (Lipinski definition) is 3. The molecule has 0 fully saturated rings. The molecule has 3 N–H and O–H groups in total. The van der Waals surface area contributed by atoms with Crippen LogP contribution in [0.5, 0.6) is 0 Å². The van der Waals surface area contributed by atoms with E-state index < -0.39 is 12.1 Å². The molecule has 0 saturated heterocycles. The topological polar surface area (TPSA) is 69.6 Å². The minimum Gasteiger partial charge on any atom is -0.394 e. The van der Waals surface area contributed by atoms with E-state index in [9.17, 15) is 15.0 Å². The second-order valence-electron chi connectivity index (χ2n) is 17.6. The highest BCUT2D eigenvalue weighted by atomic mass is 16.3. The molecule has 61 heavy (non-hydrogen) atoms. The van der Waals surface area contributed by atoms with Crippen LogP contribution in [-0.4, -0.2) is 34.9 Å². The van der Waals surface area contributed by atoms with Crippen LogP contribution >= 0.6 is 0 Å². The van der Waals surface area contributed by atoms with Gasteiger partial charge in [-0.1, -0.05) is 253 Å². The lowest BCUT2D eigenvalue weighted by molar-refractivity contribution is -0.123. The van der Waals surface area contributed by atoms with Gasteiger partial charge in [0.05, 0.1) is 18.8 Å². The fourth-order valence-corrected chi connectivity index (χ4v) is 7.63. The molecule has 1 amide bonds. The summed E-state index contributed by atoms with van der Waals surface area (Å²) in [6, 6.07) is -0.638. The third-order valence-electron chi connectivity index (χ3n) is 11.6. The summed E-state index contributed by atoms with van der Waals surface area (Å²) in [6.45, 7) is 4.15. The van der Waals surface area contributed by atoms with Crippen LogP contribution in [-0.2, 0) is 4.79 Å². The van der Waals surface area contributed by atoms with E-state index in [1.54, 1.807) is 6.08 Å². The summed E-state index contributed by atoms with van der Waals surface area (Å²) < 4.78 is 0. The first-order chi connectivity index (χ1) is 30.2. The minimum atomic E-state index is -0.861. The van der Waals surface area contributed by atoms with Crippen LogP contribution in [0.3, 0.4) is 0 Å². The molecule has 4 heteroatoms. The first-order valence-corrected chi connectivity index (χ1v) is 26.3. The van der Waals surface area contributed by atoms with Gasteiger partial charge in [-0.05, 0) is 77.0 Å². The van der Waals surface area contributed by atoms with Crippen LogP contribution < -0.4 is 5.32 Å². The summed E-state index contributed by atoms with van der Waals surface area (Å²) in [6.07, 6.45) is 76.1. The van der Waals surface area contributed by atoms with Crippen molar-refractivity contribution in [2.24, 2.45) is 0 Å². The van der Waals surface area contributed by atoms with Crippen molar-refractivity contribution >= 4 is 5.91 Å². The molecule has 352 valence electrons. The first kappa shape index (κ1) is 58.6. The largest absolute Gasteiger partial charge is 0.394 e. The molecule has 0 aliphatic rings. The zero-order valence-corrected chi connectivity index (χ0v) is 40.4. The highest BCUT2D eigenvalue weighted by Crippen LogP contribution is 2.16. The van der Waals surface area contributed by atoms with Gasteiger partial charge in [0, 0.05) is 6.42 Å². The van der Waals surface area contributed by atoms with Crippen LogP contribution in [0.25, 0.3) is 0 Å². The standard InChI is InChI=1S/C57H101NO3/c1-3-5-7-9-11-13-15-16-17-18-19-20-21-22-23-24-25-26-27-28-29-30-31-32-33-34-35-36-37-38-39-40-41-42-43-45-47-49-51-53-57(61)58-55(54-59)56(60)52-50-48-46-44-14-12-10-8-6-4-2/h5,7,11,13-14,16-17,19-20,22-23,44,50,52,55-56,59-60H,3-4,6,8-10,12,15,18,21,24-43,45-49,51,53-54H2,1-2H3,(H,58,61)/b7-5-,13-11-,17-16-,20-19-,23-22-,44-14+,52-50+. The van der Waals surface area contributed by atoms with Crippen molar-refractivity contribution in [3.05, 3.63) is 85.1 Å². The number of allylic oxidation sites excluding steroid dienone is 13. The normalized spacial score (nSPS) is 13.6. The van der Waals surface area contributed by atoms with Gasteiger partial charge in [0.15, 0.2) is 0 Å². The second kappa shape index (κ2) is 51.9. The Bertz CT molecular complexity index is 1100. The predicted molar refractivity (Wildman–Crippen MR) is 271 cm³/mol. The Morgan fingerprint density at radius 2 is 0.738 bits per heavy atom. The maximum absolute atomic E-state index is 12.4. The second-order valence-corrected chi connectivity index (χ2v) is 17.6. The monoisotopic (exact) mass is 848 g/mol. The lowest BCUT2D eigenvalue weighted by Crippen LogP contribution is -2.45. The van der Waals surface area contributed by atoms with Crippen molar-refractivity contribution in [2.75, 3.05) is 6.61 Å². The van der Waals surface area contributed by atoms with E-state index in [2.05, 4.69) is 92.1 Å². The van der Waals surface area contributed by atoms with Crippen molar-refractivity contribution < 1.29 is 15.0 Å². The van der Waals surface area contributed by atoms with Crippen molar-refractivity contribution in [3.63, 3.8) is 0 Å². The fourth-order valence-electron chi connectivity index (χ4n) is 7.63. The van der Waals surface area contributed by atoms with Crippen LogP contribution in [0, 0.1) is 0 Å². The quantitative estimate of drug-likeness (QED) is 0.0422. The smallest absolute Gasteiger partial charge is 0.220 e. The Morgan fingerprint density at radius 3 is 1.15 bits per heavy atom. The van der Waals surface area contributed by atoms with E-state index in [1.807, 2.05) is 6.08 Å². The van der Waals surface area contributed by atoms with E-state index in [0.29, 0.717) is 6.42 Å². The molecule has 2 unspecified atom stereocenters. The number of aliphatic hydroxyl groups excluding tert-OH is 2. The summed E-state index contributed by atoms with van der Waals surface area (Å²) in [5.74, 6) is -0.0750. The predicted octanol–water partition coefficient (Wildman–Crippen LogP) is 17.2. The molecular formula is C57H101NO3. The highest BCUT2D eigenvalue weighted by molar-refractivity contribution is 5.76. The van der Waals surface area contributed by atoms with Crippen molar-refractivity contribution in [3.8, 4) is 0 Å². The number of nitrogens with one attached hydrogen (secondary N) is 1. The number of carbonyl (C=O) groups excluding carboxylic acids is 1. The van der Waals surface area contributed by atoms with E-state index in [-0.39, 0.29) is 12.5 Å². The van der Waals surface area contributed by atoms with Crippen molar-refractivity contribution in [1.82, 2.24) is 5.32 Å². The maximum atomic E-state index is 12.4. The third-order valence-corrected chi connectivity index (χ3v) is 11.6. The summed E-state index contributed by atoms with van der Waals surface area (Å²) >= 11 is 0. The lowest BCUT2D eigenvalue weighted by Gasteiger charge is -2.19. The molecule has 0 rings (SSSR count). The Kier molecular flexibility index (Phi) is 49.8. The Labute approximate surface area is 380 Å². The van der Waals surface area contributed by atoms with Crippen LogP contribution in [0.4, 0.5) is 0 Å². The van der Waals surface area contributed by atoms with Gasteiger partial charge >= 0.3 is 0 Å². The van der Waals surface area contributed by atoms with Crippen LogP contribution in [0.15, 0.2) is 85.1 Å². The van der Waals surface area contributed by atoms with Crippen LogP contribution in [0.1, 0.15) is 251 Å². The molecule has 0 radical (unpaired) electrons. The van der Waals surface area contributed by atoms with E-state index in [4.69, 9.17) is 0 Å². The van der Waals surface area contributed by atoms with Gasteiger partial charge in [-0.2, -0.15) is 0 Å². The van der Waals surface area contributed by atoms with Gasteiger partial charge in [-0.25, -0.2) is 0 Å². The van der Waals surface area contributed by atoms with Gasteiger partial charge in [-0.3, -0.25) is 4.79 Å². The number of hydrogen-bond acceptors (Lipinski definition) is 3. The van der Waals surface area contributed by atoms with Gasteiger partial charge in [0.25, 0.3) is 0 Å². The highest BCUT2D eigenvalue weighted by Gasteiger charge is 2.17. The van der Waals surface area contributed by atoms with Crippen molar-refractivity contribution in [2.45, 2.75) is 264 Å². The summed E-state index contributed by atoms with van der Waals surface area (Å²) in [5, 5.41) is 22.9. The maximum Gasteiger partial charge on any atom is 0.220 e. The molecule has 0 heterocycles. The van der Waals surface area contributed by atoms with E-state index in [0.717, 1.165) is 64.2 Å². The number of unbranched alkanes of at least 4 members (excludes halogenated alkanes) is 28. The summed E-state index contributed by atoms with van der Waals surface area (Å²) in [5.41, 5.74) is 0. The third kappa shape index (κ3) is 48.5. The van der Waals surface area contributed by atoms with Gasteiger partial charge < -0.3 is 15.5 Å². The first-order valence-electron chi connectivity index (χ1n) is 26.3. The number of carbonyl (C=O) groups is 1. The average Bonchev–Trinajstić information content (AvgIpc) is 3.26. The molecule has 0 aliphatic carbocycles. The molecule has 0 aromatic rings.